The third-order valence-electron chi connectivity index (χ3n) is 10.4. The van der Waals surface area contributed by atoms with Crippen LogP contribution in [0.1, 0.15) is 111 Å². The fraction of sp³-hybridized carbons (Fsp3) is 0.727. The lowest BCUT2D eigenvalue weighted by atomic mass is 9.63. The Morgan fingerprint density at radius 3 is 2.64 bits per heavy atom. The van der Waals surface area contributed by atoms with Crippen LogP contribution in [0.4, 0.5) is 0 Å². The quantitative estimate of drug-likeness (QED) is 0.307. The fourth-order valence-corrected chi connectivity index (χ4v) is 7.57. The molecular weight excluding hydrogens is 444 g/mol. The predicted molar refractivity (Wildman–Crippen MR) is 148 cm³/mol. The maximum atomic E-state index is 12.9. The number of allylic oxidation sites excluding steroid dienone is 5. The minimum absolute atomic E-state index is 0.219. The van der Waals surface area contributed by atoms with Gasteiger partial charge >= 0.3 is 0 Å². The van der Waals surface area contributed by atoms with Crippen LogP contribution in [-0.4, -0.2) is 28.2 Å². The van der Waals surface area contributed by atoms with E-state index in [0.717, 1.165) is 49.7 Å². The summed E-state index contributed by atoms with van der Waals surface area (Å²) in [5.41, 5.74) is 3.93. The SMILES string of the molecule is C=C1/C(=C/C=C2/CCCC3(C)C(C/C=C/CC(C(=O)CCCC)C4(C)CC4)CCC23)CC(O)CC1O. The highest BCUT2D eigenvalue weighted by Crippen LogP contribution is 2.58. The minimum Gasteiger partial charge on any atom is -0.393 e. The number of aliphatic hydroxyl groups excluding tert-OH is 2. The van der Waals surface area contributed by atoms with Crippen molar-refractivity contribution in [3.05, 3.63) is 47.6 Å². The first-order chi connectivity index (χ1) is 17.2. The van der Waals surface area contributed by atoms with E-state index in [-0.39, 0.29) is 11.3 Å². The molecule has 0 bridgehead atoms. The van der Waals surface area contributed by atoms with Crippen molar-refractivity contribution < 1.29 is 15.0 Å². The first-order valence-electron chi connectivity index (χ1n) is 14.8. The molecule has 0 saturated heterocycles. The molecule has 0 radical (unpaired) electrons. The van der Waals surface area contributed by atoms with Crippen LogP contribution in [0.15, 0.2) is 47.6 Å². The lowest BCUT2D eigenvalue weighted by molar-refractivity contribution is -0.124. The Morgan fingerprint density at radius 1 is 1.14 bits per heavy atom. The molecule has 4 rings (SSSR count). The Hall–Kier alpha value is -1.45. The Bertz CT molecular complexity index is 904. The van der Waals surface area contributed by atoms with Gasteiger partial charge in [0.05, 0.1) is 12.2 Å². The molecule has 4 fully saturated rings. The van der Waals surface area contributed by atoms with E-state index >= 15 is 0 Å². The van der Waals surface area contributed by atoms with Crippen molar-refractivity contribution >= 4 is 5.78 Å². The molecule has 4 aliphatic carbocycles. The smallest absolute Gasteiger partial charge is 0.136 e. The number of hydrogen-bond acceptors (Lipinski definition) is 3. The van der Waals surface area contributed by atoms with E-state index in [2.05, 4.69) is 51.7 Å². The zero-order valence-corrected chi connectivity index (χ0v) is 23.1. The zero-order chi connectivity index (χ0) is 25.9. The molecule has 3 nitrogen and oxygen atoms in total. The molecular formula is C33H50O3. The highest BCUT2D eigenvalue weighted by atomic mass is 16.3. The summed E-state index contributed by atoms with van der Waals surface area (Å²) < 4.78 is 0. The summed E-state index contributed by atoms with van der Waals surface area (Å²) in [6.45, 7) is 11.1. The van der Waals surface area contributed by atoms with Crippen molar-refractivity contribution in [1.29, 1.82) is 0 Å². The molecule has 0 aromatic carbocycles. The van der Waals surface area contributed by atoms with E-state index in [1.165, 1.54) is 38.5 Å². The second-order valence-corrected chi connectivity index (χ2v) is 13.0. The van der Waals surface area contributed by atoms with Crippen LogP contribution in [0.25, 0.3) is 0 Å². The van der Waals surface area contributed by atoms with Crippen molar-refractivity contribution in [2.24, 2.45) is 28.6 Å². The van der Waals surface area contributed by atoms with Crippen LogP contribution in [0, 0.1) is 28.6 Å². The molecule has 0 aromatic heterocycles. The third kappa shape index (κ3) is 5.99. The monoisotopic (exact) mass is 494 g/mol. The molecule has 200 valence electrons. The van der Waals surface area contributed by atoms with Gasteiger partial charge in [-0.05, 0) is 104 Å². The van der Waals surface area contributed by atoms with Gasteiger partial charge in [0, 0.05) is 18.8 Å². The number of hydrogen-bond donors (Lipinski definition) is 2. The van der Waals surface area contributed by atoms with Crippen molar-refractivity contribution in [2.45, 2.75) is 123 Å². The number of carbonyl (C=O) groups is 1. The first kappa shape index (κ1) is 27.6. The van der Waals surface area contributed by atoms with Crippen LogP contribution < -0.4 is 0 Å². The number of ketones is 1. The topological polar surface area (TPSA) is 57.5 Å². The van der Waals surface area contributed by atoms with E-state index in [1.807, 2.05) is 0 Å². The van der Waals surface area contributed by atoms with Gasteiger partial charge in [0.2, 0.25) is 0 Å². The zero-order valence-electron chi connectivity index (χ0n) is 23.1. The molecule has 4 saturated carbocycles. The highest BCUT2D eigenvalue weighted by Gasteiger charge is 2.49. The number of carbonyl (C=O) groups excluding carboxylic acids is 1. The molecule has 0 aromatic rings. The summed E-state index contributed by atoms with van der Waals surface area (Å²) in [6, 6.07) is 0. The Balaban J connectivity index is 1.38. The third-order valence-corrected chi connectivity index (χ3v) is 10.4. The molecule has 6 unspecified atom stereocenters. The van der Waals surface area contributed by atoms with E-state index in [0.29, 0.717) is 35.9 Å². The van der Waals surface area contributed by atoms with Gasteiger partial charge in [-0.3, -0.25) is 4.79 Å². The number of aliphatic hydroxyl groups is 2. The Morgan fingerprint density at radius 2 is 1.92 bits per heavy atom. The predicted octanol–water partition coefficient (Wildman–Crippen LogP) is 7.64. The van der Waals surface area contributed by atoms with Gasteiger partial charge < -0.3 is 10.2 Å². The number of unbranched alkanes of at least 4 members (excludes halogenated alkanes) is 1. The molecule has 36 heavy (non-hydrogen) atoms. The Kier molecular flexibility index (Phi) is 8.83. The molecule has 2 N–H and O–H groups in total. The van der Waals surface area contributed by atoms with Crippen molar-refractivity contribution in [3.8, 4) is 0 Å². The van der Waals surface area contributed by atoms with Crippen LogP contribution in [0.2, 0.25) is 0 Å². The van der Waals surface area contributed by atoms with Crippen LogP contribution in [0.3, 0.4) is 0 Å². The number of Topliss-reactive ketones (excluding diaryl/α,β-unsaturated/α-hetero) is 1. The lowest BCUT2D eigenvalue weighted by Gasteiger charge is -2.42. The van der Waals surface area contributed by atoms with Crippen LogP contribution in [-0.2, 0) is 4.79 Å². The van der Waals surface area contributed by atoms with Crippen LogP contribution >= 0.6 is 0 Å². The van der Waals surface area contributed by atoms with Crippen molar-refractivity contribution in [1.82, 2.24) is 0 Å². The van der Waals surface area contributed by atoms with Gasteiger partial charge in [0.1, 0.15) is 5.78 Å². The summed E-state index contributed by atoms with van der Waals surface area (Å²) in [4.78, 5) is 12.9. The van der Waals surface area contributed by atoms with Gasteiger partial charge in [0.15, 0.2) is 0 Å². The summed E-state index contributed by atoms with van der Waals surface area (Å²) in [5.74, 6) is 2.04. The largest absolute Gasteiger partial charge is 0.393 e. The molecule has 0 spiro atoms. The average molecular weight is 495 g/mol. The summed E-state index contributed by atoms with van der Waals surface area (Å²) >= 11 is 0. The molecule has 0 heterocycles. The normalized spacial score (nSPS) is 37.0. The van der Waals surface area contributed by atoms with Crippen molar-refractivity contribution in [2.75, 3.05) is 0 Å². The maximum Gasteiger partial charge on any atom is 0.136 e. The average Bonchev–Trinajstić information content (AvgIpc) is 3.49. The second-order valence-electron chi connectivity index (χ2n) is 13.0. The van der Waals surface area contributed by atoms with Gasteiger partial charge in [-0.25, -0.2) is 0 Å². The summed E-state index contributed by atoms with van der Waals surface area (Å²) in [5, 5.41) is 20.3. The molecule has 4 aliphatic rings. The highest BCUT2D eigenvalue weighted by molar-refractivity contribution is 5.82. The van der Waals surface area contributed by atoms with Gasteiger partial charge in [-0.1, -0.05) is 63.6 Å². The standard InChI is InChI=1S/C33H50O3/c1-5-6-13-30(35)29(32(3)19-20-32)12-8-7-11-26-16-17-28-24(10-9-18-33(26,28)4)14-15-25-21-27(34)22-31(36)23(25)2/h7-8,14-15,26-29,31,34,36H,2,5-6,9-13,16-22H2,1,3-4H3/b8-7+,24-14-,25-15+. The van der Waals surface area contributed by atoms with Gasteiger partial charge in [-0.2, -0.15) is 0 Å². The first-order valence-corrected chi connectivity index (χ1v) is 14.8. The lowest BCUT2D eigenvalue weighted by Crippen LogP contribution is -2.33. The van der Waals surface area contributed by atoms with Crippen LogP contribution in [0.5, 0.6) is 0 Å². The van der Waals surface area contributed by atoms with Gasteiger partial charge in [-0.15, -0.1) is 0 Å². The van der Waals surface area contributed by atoms with E-state index in [1.54, 1.807) is 5.57 Å². The minimum atomic E-state index is -0.623. The molecule has 3 heteroatoms. The molecule has 6 atom stereocenters. The van der Waals surface area contributed by atoms with Crippen molar-refractivity contribution in [3.63, 3.8) is 0 Å². The number of rotatable bonds is 10. The van der Waals surface area contributed by atoms with E-state index < -0.39 is 12.2 Å². The molecule has 0 amide bonds. The fourth-order valence-electron chi connectivity index (χ4n) is 7.57. The maximum absolute atomic E-state index is 12.9. The second kappa shape index (κ2) is 11.5. The molecule has 0 aliphatic heterocycles. The summed E-state index contributed by atoms with van der Waals surface area (Å²) in [7, 11) is 0. The van der Waals surface area contributed by atoms with Gasteiger partial charge in [0.25, 0.3) is 0 Å². The number of fused-ring (bicyclic) bond motifs is 1. The Labute approximate surface area is 219 Å². The van der Waals surface area contributed by atoms with E-state index in [4.69, 9.17) is 0 Å². The summed E-state index contributed by atoms with van der Waals surface area (Å²) in [6.07, 6.45) is 22.6. The van der Waals surface area contributed by atoms with E-state index in [9.17, 15) is 15.0 Å².